The van der Waals surface area contributed by atoms with Crippen molar-refractivity contribution in [1.29, 1.82) is 0 Å². The van der Waals surface area contributed by atoms with Crippen LogP contribution >= 0.6 is 31.9 Å². The van der Waals surface area contributed by atoms with Crippen molar-refractivity contribution in [2.45, 2.75) is 25.0 Å². The predicted molar refractivity (Wildman–Crippen MR) is 136 cm³/mol. The maximum Gasteiger partial charge on any atom is 0.264 e. The Hall–Kier alpha value is -0.970. The number of pyridine rings is 2. The molecule has 0 aliphatic heterocycles. The van der Waals surface area contributed by atoms with Crippen LogP contribution in [0, 0.1) is 0 Å². The van der Waals surface area contributed by atoms with E-state index >= 15 is 0 Å². The van der Waals surface area contributed by atoms with Crippen LogP contribution in [0.25, 0.3) is 0 Å². The van der Waals surface area contributed by atoms with Gasteiger partial charge in [0.15, 0.2) is 0 Å². The largest absolute Gasteiger partial charge is 0.388 e. The van der Waals surface area contributed by atoms with Gasteiger partial charge in [0.25, 0.3) is 10.1 Å². The summed E-state index contributed by atoms with van der Waals surface area (Å²) in [7, 11) is -9.90. The molecule has 0 radical (unpaired) electrons. The number of sulfone groups is 2. The Balaban J connectivity index is 0.000000350. The van der Waals surface area contributed by atoms with Crippen LogP contribution in [0.1, 0.15) is 36.2 Å². The molecule has 0 bridgehead atoms. The van der Waals surface area contributed by atoms with Gasteiger partial charge in [0, 0.05) is 30.5 Å². The van der Waals surface area contributed by atoms with Crippen molar-refractivity contribution in [1.82, 2.24) is 9.97 Å². The van der Waals surface area contributed by atoms with E-state index in [1.165, 1.54) is 12.4 Å². The maximum absolute atomic E-state index is 11.2. The molecule has 1 N–H and O–H groups in total. The monoisotopic (exact) mass is 664 g/mol. The number of rotatable bonds is 10. The Kier molecular flexibility index (Phi) is 12.2. The number of aliphatic hydroxyl groups is 1. The van der Waals surface area contributed by atoms with Gasteiger partial charge in [-0.05, 0) is 62.4 Å². The summed E-state index contributed by atoms with van der Waals surface area (Å²) in [6, 6.07) is 6.69. The van der Waals surface area contributed by atoms with E-state index < -0.39 is 42.0 Å². The Morgan fingerprint density at radius 3 is 1.62 bits per heavy atom. The molecule has 2 aromatic heterocycles. The highest BCUT2D eigenvalue weighted by molar-refractivity contribution is 9.10. The zero-order valence-electron chi connectivity index (χ0n) is 18.6. The average molecular weight is 666 g/mol. The SMILES string of the molecule is CS(=O)(=O)CCC(O)c1ccc(Br)nc1.CS(=O)(=O)CCC(OS(C)(=O)=O)c1ccc(Br)nc1. The van der Waals surface area contributed by atoms with E-state index in [4.69, 9.17) is 4.18 Å². The van der Waals surface area contributed by atoms with Crippen LogP contribution in [-0.4, -0.2) is 70.6 Å². The number of hydrogen-bond donors (Lipinski definition) is 1. The van der Waals surface area contributed by atoms with E-state index in [0.717, 1.165) is 18.8 Å². The van der Waals surface area contributed by atoms with Gasteiger partial charge >= 0.3 is 0 Å². The molecule has 2 rings (SSSR count). The van der Waals surface area contributed by atoms with Crippen LogP contribution in [0.2, 0.25) is 0 Å². The van der Waals surface area contributed by atoms with Crippen molar-refractivity contribution >= 4 is 61.7 Å². The third kappa shape index (κ3) is 14.4. The zero-order chi connectivity index (χ0) is 26.2. The van der Waals surface area contributed by atoms with Gasteiger partial charge in [0.2, 0.25) is 0 Å². The second-order valence-corrected chi connectivity index (χ2v) is 15.2. The summed E-state index contributed by atoms with van der Waals surface area (Å²) in [5.41, 5.74) is 1.14. The summed E-state index contributed by atoms with van der Waals surface area (Å²) < 4.78 is 72.7. The van der Waals surface area contributed by atoms with Gasteiger partial charge in [0.05, 0.1) is 23.9 Å². The fraction of sp³-hybridized carbons (Fsp3) is 0.474. The zero-order valence-corrected chi connectivity index (χ0v) is 24.2. The van der Waals surface area contributed by atoms with Crippen LogP contribution in [-0.2, 0) is 34.0 Å². The van der Waals surface area contributed by atoms with Gasteiger partial charge in [0.1, 0.15) is 35.0 Å². The molecule has 34 heavy (non-hydrogen) atoms. The molecule has 0 fully saturated rings. The number of aromatic nitrogens is 2. The average Bonchev–Trinajstić information content (AvgIpc) is 2.69. The Bertz CT molecular complexity index is 1240. The van der Waals surface area contributed by atoms with Crippen molar-refractivity contribution in [3.8, 4) is 0 Å². The van der Waals surface area contributed by atoms with Crippen LogP contribution in [0.4, 0.5) is 0 Å². The van der Waals surface area contributed by atoms with E-state index in [1.54, 1.807) is 24.3 Å². The second kappa shape index (κ2) is 13.4. The first-order chi connectivity index (χ1) is 15.5. The molecule has 2 atom stereocenters. The normalized spacial score (nSPS) is 14.1. The Morgan fingerprint density at radius 1 is 0.794 bits per heavy atom. The van der Waals surface area contributed by atoms with E-state index in [9.17, 15) is 30.4 Å². The highest BCUT2D eigenvalue weighted by atomic mass is 79.9. The molecule has 0 amide bonds. The molecule has 15 heteroatoms. The Morgan fingerprint density at radius 2 is 1.24 bits per heavy atom. The number of aliphatic hydroxyl groups excluding tert-OH is 1. The third-order valence-corrected chi connectivity index (χ3v) is 7.54. The second-order valence-electron chi connectivity index (χ2n) is 7.47. The minimum absolute atomic E-state index is 0.0236. The van der Waals surface area contributed by atoms with E-state index in [2.05, 4.69) is 41.8 Å². The molecule has 0 aromatic carbocycles. The van der Waals surface area contributed by atoms with Gasteiger partial charge in [-0.1, -0.05) is 12.1 Å². The molecule has 0 aliphatic rings. The lowest BCUT2D eigenvalue weighted by Crippen LogP contribution is -2.15. The van der Waals surface area contributed by atoms with Gasteiger partial charge < -0.3 is 5.11 Å². The molecule has 2 unspecified atom stereocenters. The molecule has 10 nitrogen and oxygen atoms in total. The van der Waals surface area contributed by atoms with Crippen molar-refractivity contribution in [2.24, 2.45) is 0 Å². The first-order valence-corrected chi connectivity index (χ1v) is 17.1. The number of hydrogen-bond acceptors (Lipinski definition) is 10. The lowest BCUT2D eigenvalue weighted by atomic mass is 10.1. The van der Waals surface area contributed by atoms with Gasteiger partial charge in [-0.15, -0.1) is 0 Å². The third-order valence-electron chi connectivity index (χ3n) is 4.06. The molecule has 0 saturated carbocycles. The first kappa shape index (κ1) is 31.1. The fourth-order valence-corrected chi connectivity index (χ4v) is 4.85. The molecule has 192 valence electrons. The summed E-state index contributed by atoms with van der Waals surface area (Å²) >= 11 is 6.34. The lowest BCUT2D eigenvalue weighted by Gasteiger charge is -2.15. The molecule has 2 heterocycles. The lowest BCUT2D eigenvalue weighted by molar-refractivity contribution is 0.174. The molecular formula is C19H26Br2N2O8S3. The number of nitrogens with zero attached hydrogens (tertiary/aromatic N) is 2. The summed E-state index contributed by atoms with van der Waals surface area (Å²) in [5.74, 6) is -0.187. The molecule has 0 spiro atoms. The highest BCUT2D eigenvalue weighted by Gasteiger charge is 2.20. The van der Waals surface area contributed by atoms with Gasteiger partial charge in [-0.2, -0.15) is 8.42 Å². The minimum atomic E-state index is -3.68. The molecule has 0 aliphatic carbocycles. The van der Waals surface area contributed by atoms with Crippen LogP contribution in [0.5, 0.6) is 0 Å². The summed E-state index contributed by atoms with van der Waals surface area (Å²) in [4.78, 5) is 7.92. The molecular weight excluding hydrogens is 640 g/mol. The van der Waals surface area contributed by atoms with E-state index in [-0.39, 0.29) is 24.3 Å². The van der Waals surface area contributed by atoms with Crippen LogP contribution < -0.4 is 0 Å². The first-order valence-electron chi connectivity index (χ1n) is 9.60. The van der Waals surface area contributed by atoms with Crippen molar-refractivity contribution in [2.75, 3.05) is 30.3 Å². The van der Waals surface area contributed by atoms with Crippen molar-refractivity contribution in [3.63, 3.8) is 0 Å². The minimum Gasteiger partial charge on any atom is -0.388 e. The van der Waals surface area contributed by atoms with E-state index in [1.807, 2.05) is 0 Å². The maximum atomic E-state index is 11.2. The van der Waals surface area contributed by atoms with Crippen LogP contribution in [0.3, 0.4) is 0 Å². The predicted octanol–water partition coefficient (Wildman–Crippen LogP) is 2.61. The smallest absolute Gasteiger partial charge is 0.264 e. The van der Waals surface area contributed by atoms with Crippen LogP contribution in [0.15, 0.2) is 45.9 Å². The van der Waals surface area contributed by atoms with Gasteiger partial charge in [-0.3, -0.25) is 4.18 Å². The topological polar surface area (TPSA) is 158 Å². The summed E-state index contributed by atoms with van der Waals surface area (Å²) in [6.45, 7) is 0. The summed E-state index contributed by atoms with van der Waals surface area (Å²) in [5, 5.41) is 9.65. The standard InChI is InChI=1S/C10H14BrNO5S2.C9H12BrNO3S/c1-18(13,14)6-5-9(17-19(2,15)16)8-3-4-10(11)12-7-8;1-15(13,14)5-4-8(12)7-2-3-9(10)11-6-7/h3-4,7,9H,5-6H2,1-2H3;2-3,6,8,12H,4-5H2,1H3. The van der Waals surface area contributed by atoms with Crippen molar-refractivity contribution < 1.29 is 34.5 Å². The molecule has 2 aromatic rings. The van der Waals surface area contributed by atoms with Gasteiger partial charge in [-0.25, -0.2) is 26.8 Å². The van der Waals surface area contributed by atoms with E-state index in [0.29, 0.717) is 20.3 Å². The number of halogens is 2. The Labute approximate surface area is 217 Å². The fourth-order valence-electron chi connectivity index (χ4n) is 2.46. The molecule has 0 saturated heterocycles. The summed E-state index contributed by atoms with van der Waals surface area (Å²) in [6.07, 6.45) is 4.75. The highest BCUT2D eigenvalue weighted by Crippen LogP contribution is 2.24. The quantitative estimate of drug-likeness (QED) is 0.295. The van der Waals surface area contributed by atoms with Crippen molar-refractivity contribution in [3.05, 3.63) is 57.0 Å².